The number of hydrogen-bond donors (Lipinski definition) is 1. The molecule has 1 nitrogen and oxygen atoms in total. The second-order valence-electron chi connectivity index (χ2n) is 4.69. The molecule has 0 fully saturated rings. The van der Waals surface area contributed by atoms with Crippen LogP contribution in [0.2, 0.25) is 5.02 Å². The lowest BCUT2D eigenvalue weighted by molar-refractivity contribution is 0.474. The Hall–Kier alpha value is -1.38. The second kappa shape index (κ2) is 6.18. The normalized spacial score (nSPS) is 14.1. The zero-order chi connectivity index (χ0) is 13.8. The first kappa shape index (κ1) is 14.0. The molecule has 2 aromatic carbocycles. The van der Waals surface area contributed by atoms with Crippen molar-refractivity contribution in [2.24, 2.45) is 0 Å². The van der Waals surface area contributed by atoms with Gasteiger partial charge in [0.2, 0.25) is 0 Å². The summed E-state index contributed by atoms with van der Waals surface area (Å²) in [5.74, 6) is -0.180. The Balaban J connectivity index is 2.11. The maximum absolute atomic E-state index is 13.7. The van der Waals surface area contributed by atoms with Gasteiger partial charge in [0.15, 0.2) is 0 Å². The van der Waals surface area contributed by atoms with E-state index in [0.29, 0.717) is 10.6 Å². The van der Waals surface area contributed by atoms with E-state index in [4.69, 9.17) is 11.6 Å². The smallest absolute Gasteiger partial charge is 0.127 e. The summed E-state index contributed by atoms with van der Waals surface area (Å²) in [6.45, 7) is 4.00. The highest BCUT2D eigenvalue weighted by molar-refractivity contribution is 6.30. The van der Waals surface area contributed by atoms with Crippen molar-refractivity contribution in [1.82, 2.24) is 5.32 Å². The minimum Gasteiger partial charge on any atom is -0.304 e. The van der Waals surface area contributed by atoms with Crippen LogP contribution in [-0.2, 0) is 0 Å². The van der Waals surface area contributed by atoms with Crippen LogP contribution in [0.1, 0.15) is 37.1 Å². The van der Waals surface area contributed by atoms with Crippen LogP contribution in [0.4, 0.5) is 4.39 Å². The van der Waals surface area contributed by atoms with Crippen molar-refractivity contribution in [3.05, 3.63) is 70.5 Å². The summed E-state index contributed by atoms with van der Waals surface area (Å²) in [5, 5.41) is 4.09. The van der Waals surface area contributed by atoms with E-state index in [1.54, 1.807) is 12.1 Å². The van der Waals surface area contributed by atoms with Gasteiger partial charge in [-0.3, -0.25) is 0 Å². The minimum atomic E-state index is -0.180. The summed E-state index contributed by atoms with van der Waals surface area (Å²) >= 11 is 5.98. The topological polar surface area (TPSA) is 12.0 Å². The summed E-state index contributed by atoms with van der Waals surface area (Å²) in [5.41, 5.74) is 1.77. The van der Waals surface area contributed by atoms with Crippen molar-refractivity contribution in [1.29, 1.82) is 0 Å². The molecule has 2 rings (SSSR count). The molecule has 2 aromatic rings. The third-order valence-corrected chi connectivity index (χ3v) is 3.46. The number of rotatable bonds is 4. The fourth-order valence-corrected chi connectivity index (χ4v) is 2.36. The SMILES string of the molecule is CC(N[C@H](C)c1ccccc1F)c1cccc(Cl)c1. The lowest BCUT2D eigenvalue weighted by Crippen LogP contribution is -2.23. The fraction of sp³-hybridized carbons (Fsp3) is 0.250. The predicted octanol–water partition coefficient (Wildman–Crippen LogP) is 4.89. The summed E-state index contributed by atoms with van der Waals surface area (Å²) in [4.78, 5) is 0. The number of nitrogens with one attached hydrogen (secondary N) is 1. The van der Waals surface area contributed by atoms with Gasteiger partial charge < -0.3 is 5.32 Å². The van der Waals surface area contributed by atoms with E-state index < -0.39 is 0 Å². The molecule has 0 saturated carbocycles. The van der Waals surface area contributed by atoms with Crippen molar-refractivity contribution < 1.29 is 4.39 Å². The number of hydrogen-bond acceptors (Lipinski definition) is 1. The molecule has 2 atom stereocenters. The molecule has 0 spiro atoms. The van der Waals surface area contributed by atoms with E-state index in [1.165, 1.54) is 6.07 Å². The van der Waals surface area contributed by atoms with Crippen LogP contribution in [0, 0.1) is 5.82 Å². The quantitative estimate of drug-likeness (QED) is 0.839. The summed E-state index contributed by atoms with van der Waals surface area (Å²) in [7, 11) is 0. The van der Waals surface area contributed by atoms with E-state index in [-0.39, 0.29) is 17.9 Å². The molecule has 0 amide bonds. The van der Waals surface area contributed by atoms with Gasteiger partial charge in [-0.1, -0.05) is 41.9 Å². The third kappa shape index (κ3) is 3.55. The van der Waals surface area contributed by atoms with Crippen molar-refractivity contribution in [2.45, 2.75) is 25.9 Å². The van der Waals surface area contributed by atoms with Gasteiger partial charge >= 0.3 is 0 Å². The molecule has 100 valence electrons. The molecule has 0 aliphatic heterocycles. The second-order valence-corrected chi connectivity index (χ2v) is 5.12. The predicted molar refractivity (Wildman–Crippen MR) is 77.8 cm³/mol. The lowest BCUT2D eigenvalue weighted by atomic mass is 10.0. The molecule has 0 aliphatic carbocycles. The molecule has 0 aliphatic rings. The number of halogens is 2. The first-order chi connectivity index (χ1) is 9.08. The fourth-order valence-electron chi connectivity index (χ4n) is 2.16. The monoisotopic (exact) mass is 277 g/mol. The molecule has 0 aromatic heterocycles. The summed E-state index contributed by atoms with van der Waals surface area (Å²) in [6, 6.07) is 14.6. The number of benzene rings is 2. The molecule has 0 radical (unpaired) electrons. The first-order valence-electron chi connectivity index (χ1n) is 6.34. The zero-order valence-electron chi connectivity index (χ0n) is 11.0. The maximum atomic E-state index is 13.7. The molecule has 1 N–H and O–H groups in total. The third-order valence-electron chi connectivity index (χ3n) is 3.22. The van der Waals surface area contributed by atoms with E-state index >= 15 is 0 Å². The van der Waals surface area contributed by atoms with Gasteiger partial charge in [-0.25, -0.2) is 4.39 Å². The van der Waals surface area contributed by atoms with Gasteiger partial charge in [-0.2, -0.15) is 0 Å². The van der Waals surface area contributed by atoms with Crippen LogP contribution in [0.15, 0.2) is 48.5 Å². The summed E-state index contributed by atoms with van der Waals surface area (Å²) < 4.78 is 13.7. The summed E-state index contributed by atoms with van der Waals surface area (Å²) in [6.07, 6.45) is 0. The van der Waals surface area contributed by atoms with Crippen LogP contribution in [0.5, 0.6) is 0 Å². The largest absolute Gasteiger partial charge is 0.304 e. The average molecular weight is 278 g/mol. The van der Waals surface area contributed by atoms with Crippen molar-refractivity contribution >= 4 is 11.6 Å². The Morgan fingerprint density at radius 3 is 2.42 bits per heavy atom. The molecule has 0 heterocycles. The van der Waals surface area contributed by atoms with Gasteiger partial charge in [0.05, 0.1) is 0 Å². The first-order valence-corrected chi connectivity index (χ1v) is 6.71. The molecule has 19 heavy (non-hydrogen) atoms. The Bertz CT molecular complexity index is 556. The van der Waals surface area contributed by atoms with Crippen LogP contribution >= 0.6 is 11.6 Å². The van der Waals surface area contributed by atoms with Crippen molar-refractivity contribution in [3.63, 3.8) is 0 Å². The van der Waals surface area contributed by atoms with Crippen molar-refractivity contribution in [3.8, 4) is 0 Å². The van der Waals surface area contributed by atoms with Crippen LogP contribution < -0.4 is 5.32 Å². The molecule has 1 unspecified atom stereocenters. The average Bonchev–Trinajstić information content (AvgIpc) is 2.39. The minimum absolute atomic E-state index is 0.0600. The highest BCUT2D eigenvalue weighted by Crippen LogP contribution is 2.22. The van der Waals surface area contributed by atoms with Gasteiger partial charge in [-0.05, 0) is 37.6 Å². The molecule has 0 bridgehead atoms. The van der Waals surface area contributed by atoms with E-state index in [9.17, 15) is 4.39 Å². The van der Waals surface area contributed by atoms with Crippen LogP contribution in [-0.4, -0.2) is 0 Å². The standard InChI is InChI=1S/C16H17ClFN/c1-11(13-6-5-7-14(17)10-13)19-12(2)15-8-3-4-9-16(15)18/h3-12,19H,1-2H3/t11?,12-/m1/s1. The molecule has 3 heteroatoms. The van der Waals surface area contributed by atoms with E-state index in [1.807, 2.05) is 44.2 Å². The Morgan fingerprint density at radius 1 is 1.00 bits per heavy atom. The van der Waals surface area contributed by atoms with Gasteiger partial charge in [0, 0.05) is 22.7 Å². The van der Waals surface area contributed by atoms with Gasteiger partial charge in [-0.15, -0.1) is 0 Å². The van der Waals surface area contributed by atoms with Gasteiger partial charge in [0.25, 0.3) is 0 Å². The van der Waals surface area contributed by atoms with E-state index in [2.05, 4.69) is 5.32 Å². The maximum Gasteiger partial charge on any atom is 0.127 e. The highest BCUT2D eigenvalue weighted by Gasteiger charge is 2.14. The Morgan fingerprint density at radius 2 is 1.74 bits per heavy atom. The molecular weight excluding hydrogens is 261 g/mol. The Labute approximate surface area is 118 Å². The highest BCUT2D eigenvalue weighted by atomic mass is 35.5. The Kier molecular flexibility index (Phi) is 4.56. The van der Waals surface area contributed by atoms with Crippen LogP contribution in [0.25, 0.3) is 0 Å². The zero-order valence-corrected chi connectivity index (χ0v) is 11.8. The molecular formula is C16H17ClFN. The van der Waals surface area contributed by atoms with E-state index in [0.717, 1.165) is 5.56 Å². The van der Waals surface area contributed by atoms with Crippen molar-refractivity contribution in [2.75, 3.05) is 0 Å². The van der Waals surface area contributed by atoms with Gasteiger partial charge in [0.1, 0.15) is 5.82 Å². The van der Waals surface area contributed by atoms with Crippen LogP contribution in [0.3, 0.4) is 0 Å². The molecule has 0 saturated heterocycles. The lowest BCUT2D eigenvalue weighted by Gasteiger charge is -2.21.